The predicted molar refractivity (Wildman–Crippen MR) is 109 cm³/mol. The molecule has 0 radical (unpaired) electrons. The van der Waals surface area contributed by atoms with E-state index in [0.717, 1.165) is 19.3 Å². The lowest BCUT2D eigenvalue weighted by atomic mass is 9.97. The summed E-state index contributed by atoms with van der Waals surface area (Å²) in [4.78, 5) is 11.9. The Hall–Kier alpha value is -0.693. The molecule has 4 atom stereocenters. The first kappa shape index (κ1) is 22.6. The lowest BCUT2D eigenvalue weighted by Crippen LogP contribution is -2.54. The van der Waals surface area contributed by atoms with Crippen LogP contribution in [-0.2, 0) is 23.4 Å². The Labute approximate surface area is 165 Å². The summed E-state index contributed by atoms with van der Waals surface area (Å²) < 4.78 is 25.0. The van der Waals surface area contributed by atoms with E-state index in [9.17, 15) is 4.79 Å². The average Bonchev–Trinajstić information content (AvgIpc) is 2.84. The van der Waals surface area contributed by atoms with Crippen LogP contribution in [0.4, 0.5) is 0 Å². The monoisotopic (exact) mass is 398 g/mol. The van der Waals surface area contributed by atoms with Crippen molar-refractivity contribution in [3.63, 3.8) is 0 Å². The highest BCUT2D eigenvalue weighted by molar-refractivity contribution is 6.74. The molecule has 0 saturated carbocycles. The molecule has 27 heavy (non-hydrogen) atoms. The number of carbonyl (C=O) groups excluding carboxylic acids is 1. The molecular formula is C21H38O5Si. The molecular weight excluding hydrogens is 360 g/mol. The molecule has 0 bridgehead atoms. The van der Waals surface area contributed by atoms with E-state index in [4.69, 9.17) is 18.6 Å². The quantitative estimate of drug-likeness (QED) is 0.448. The Morgan fingerprint density at radius 2 is 1.96 bits per heavy atom. The van der Waals surface area contributed by atoms with Crippen LogP contribution in [0.2, 0.25) is 18.1 Å². The highest BCUT2D eigenvalue weighted by Crippen LogP contribution is 2.42. The van der Waals surface area contributed by atoms with Gasteiger partial charge in [-0.2, -0.15) is 0 Å². The van der Waals surface area contributed by atoms with Crippen LogP contribution in [0.25, 0.3) is 0 Å². The summed E-state index contributed by atoms with van der Waals surface area (Å²) in [5, 5.41) is 0.0493. The first-order valence-electron chi connectivity index (χ1n) is 10.3. The molecule has 0 aliphatic carbocycles. The zero-order valence-corrected chi connectivity index (χ0v) is 19.3. The van der Waals surface area contributed by atoms with Crippen LogP contribution in [0.3, 0.4) is 0 Å². The van der Waals surface area contributed by atoms with Crippen molar-refractivity contribution in [3.8, 4) is 0 Å². The molecule has 0 aromatic heterocycles. The molecule has 2 heterocycles. The van der Waals surface area contributed by atoms with E-state index in [1.54, 1.807) is 0 Å². The van der Waals surface area contributed by atoms with Crippen molar-refractivity contribution in [2.45, 2.75) is 116 Å². The number of esters is 1. The van der Waals surface area contributed by atoms with E-state index < -0.39 is 14.1 Å². The second kappa shape index (κ2) is 8.35. The SMILES string of the molecule is CCCC[C@@H]1OC(C)(C)O[C@H]1[C@H](O[Si](C)(C)C(C)(C)C)[C@H]1CC=CC(=O)O1. The predicted octanol–water partition coefficient (Wildman–Crippen LogP) is 4.96. The Kier molecular flexibility index (Phi) is 6.99. The van der Waals surface area contributed by atoms with E-state index in [1.807, 2.05) is 19.9 Å². The fourth-order valence-corrected chi connectivity index (χ4v) is 4.70. The Morgan fingerprint density at radius 3 is 2.52 bits per heavy atom. The first-order valence-corrected chi connectivity index (χ1v) is 13.2. The molecule has 0 N–H and O–H groups in total. The Bertz CT molecular complexity index is 549. The zero-order chi connectivity index (χ0) is 20.5. The summed E-state index contributed by atoms with van der Waals surface area (Å²) in [6.45, 7) is 17.2. The van der Waals surface area contributed by atoms with Gasteiger partial charge in [0.2, 0.25) is 0 Å². The van der Waals surface area contributed by atoms with Gasteiger partial charge in [0.05, 0.1) is 6.10 Å². The van der Waals surface area contributed by atoms with Gasteiger partial charge in [0.15, 0.2) is 14.1 Å². The maximum atomic E-state index is 11.9. The van der Waals surface area contributed by atoms with Crippen LogP contribution >= 0.6 is 0 Å². The first-order chi connectivity index (χ1) is 12.4. The molecule has 0 aromatic rings. The Balaban J connectivity index is 2.32. The minimum absolute atomic E-state index is 0.0493. The normalized spacial score (nSPS) is 29.6. The number of rotatable bonds is 7. The number of unbranched alkanes of at least 4 members (excludes halogenated alkanes) is 1. The molecule has 0 amide bonds. The van der Waals surface area contributed by atoms with E-state index in [1.165, 1.54) is 6.08 Å². The number of ether oxygens (including phenoxy) is 3. The molecule has 2 rings (SSSR count). The third kappa shape index (κ3) is 5.65. The number of carbonyl (C=O) groups is 1. The number of hydrogen-bond acceptors (Lipinski definition) is 5. The van der Waals surface area contributed by atoms with Crippen LogP contribution in [-0.4, -0.2) is 44.5 Å². The molecule has 0 unspecified atom stereocenters. The third-order valence-electron chi connectivity index (χ3n) is 5.88. The fourth-order valence-electron chi connectivity index (χ4n) is 3.38. The van der Waals surface area contributed by atoms with Crippen molar-refractivity contribution in [3.05, 3.63) is 12.2 Å². The van der Waals surface area contributed by atoms with Gasteiger partial charge in [-0.05, 0) is 38.4 Å². The van der Waals surface area contributed by atoms with Gasteiger partial charge in [-0.1, -0.05) is 46.6 Å². The number of cyclic esters (lactones) is 1. The van der Waals surface area contributed by atoms with Crippen LogP contribution in [0.5, 0.6) is 0 Å². The van der Waals surface area contributed by atoms with E-state index in [-0.39, 0.29) is 35.4 Å². The molecule has 1 saturated heterocycles. The highest BCUT2D eigenvalue weighted by Gasteiger charge is 2.51. The summed E-state index contributed by atoms with van der Waals surface area (Å²) in [5.74, 6) is -0.967. The standard InChI is InChI=1S/C21H38O5Si/c1-9-10-12-16-18(25-21(5,6)24-16)19(15-13-11-14-17(22)23-15)26-27(7,8)20(2,3)4/h11,14-16,18-19H,9-10,12-13H2,1-8H3/t15-,16+,18-,19-/m1/s1. The van der Waals surface area contributed by atoms with Crippen molar-refractivity contribution >= 4 is 14.3 Å². The van der Waals surface area contributed by atoms with E-state index in [0.29, 0.717) is 6.42 Å². The maximum Gasteiger partial charge on any atom is 0.330 e. The largest absolute Gasteiger partial charge is 0.456 e. The summed E-state index contributed by atoms with van der Waals surface area (Å²) in [7, 11) is -2.10. The van der Waals surface area contributed by atoms with Crippen molar-refractivity contribution in [1.82, 2.24) is 0 Å². The molecule has 5 nitrogen and oxygen atoms in total. The third-order valence-corrected chi connectivity index (χ3v) is 10.4. The summed E-state index contributed by atoms with van der Waals surface area (Å²) in [6.07, 6.45) is 6.12. The summed E-state index contributed by atoms with van der Waals surface area (Å²) in [6, 6.07) is 0. The summed E-state index contributed by atoms with van der Waals surface area (Å²) >= 11 is 0. The summed E-state index contributed by atoms with van der Waals surface area (Å²) in [5.41, 5.74) is 0. The van der Waals surface area contributed by atoms with Crippen LogP contribution in [0.15, 0.2) is 12.2 Å². The number of hydrogen-bond donors (Lipinski definition) is 0. The average molecular weight is 399 g/mol. The van der Waals surface area contributed by atoms with Gasteiger partial charge >= 0.3 is 5.97 Å². The minimum Gasteiger partial charge on any atom is -0.456 e. The van der Waals surface area contributed by atoms with E-state index in [2.05, 4.69) is 40.8 Å². The second-order valence-corrected chi connectivity index (χ2v) is 14.5. The van der Waals surface area contributed by atoms with Gasteiger partial charge < -0.3 is 18.6 Å². The van der Waals surface area contributed by atoms with Gasteiger partial charge in [0.1, 0.15) is 18.3 Å². The molecule has 1 fully saturated rings. The van der Waals surface area contributed by atoms with Crippen LogP contribution < -0.4 is 0 Å². The van der Waals surface area contributed by atoms with Gasteiger partial charge in [-0.25, -0.2) is 4.79 Å². The zero-order valence-electron chi connectivity index (χ0n) is 18.3. The van der Waals surface area contributed by atoms with Gasteiger partial charge in [-0.15, -0.1) is 0 Å². The molecule has 2 aliphatic heterocycles. The van der Waals surface area contributed by atoms with Gasteiger partial charge in [0, 0.05) is 12.5 Å². The lowest BCUT2D eigenvalue weighted by Gasteiger charge is -2.43. The Morgan fingerprint density at radius 1 is 1.30 bits per heavy atom. The van der Waals surface area contributed by atoms with Crippen molar-refractivity contribution < 1.29 is 23.4 Å². The highest BCUT2D eigenvalue weighted by atomic mass is 28.4. The molecule has 2 aliphatic rings. The lowest BCUT2D eigenvalue weighted by molar-refractivity contribution is -0.170. The van der Waals surface area contributed by atoms with Gasteiger partial charge in [-0.3, -0.25) is 0 Å². The van der Waals surface area contributed by atoms with Gasteiger partial charge in [0.25, 0.3) is 0 Å². The molecule has 0 aromatic carbocycles. The van der Waals surface area contributed by atoms with Crippen molar-refractivity contribution in [2.75, 3.05) is 0 Å². The maximum absolute atomic E-state index is 11.9. The van der Waals surface area contributed by atoms with Crippen LogP contribution in [0.1, 0.15) is 67.2 Å². The molecule has 6 heteroatoms. The minimum atomic E-state index is -2.10. The van der Waals surface area contributed by atoms with Crippen molar-refractivity contribution in [1.29, 1.82) is 0 Å². The van der Waals surface area contributed by atoms with Crippen molar-refractivity contribution in [2.24, 2.45) is 0 Å². The second-order valence-electron chi connectivity index (χ2n) is 9.74. The van der Waals surface area contributed by atoms with E-state index >= 15 is 0 Å². The topological polar surface area (TPSA) is 54.0 Å². The molecule has 156 valence electrons. The van der Waals surface area contributed by atoms with Crippen LogP contribution in [0, 0.1) is 0 Å². The molecule has 0 spiro atoms. The fraction of sp³-hybridized carbons (Fsp3) is 0.857. The smallest absolute Gasteiger partial charge is 0.330 e.